The molecule has 6 nitrogen and oxygen atoms in total. The first kappa shape index (κ1) is 14.4. The quantitative estimate of drug-likeness (QED) is 0.639. The first-order valence-corrected chi connectivity index (χ1v) is 6.51. The minimum Gasteiger partial charge on any atom is -0.326 e. The van der Waals surface area contributed by atoms with Crippen molar-refractivity contribution in [1.82, 2.24) is 5.32 Å². The zero-order valence-electron chi connectivity index (χ0n) is 10.9. The maximum Gasteiger partial charge on any atom is 0.304 e. The molecule has 1 aliphatic rings. The van der Waals surface area contributed by atoms with Crippen LogP contribution in [0.25, 0.3) is 0 Å². The van der Waals surface area contributed by atoms with Crippen molar-refractivity contribution in [3.63, 3.8) is 0 Å². The van der Waals surface area contributed by atoms with Crippen LogP contribution in [0.15, 0.2) is 18.2 Å². The third kappa shape index (κ3) is 3.74. The smallest absolute Gasteiger partial charge is 0.304 e. The molecule has 1 saturated heterocycles. The van der Waals surface area contributed by atoms with Gasteiger partial charge in [-0.2, -0.15) is 4.39 Å². The summed E-state index contributed by atoms with van der Waals surface area (Å²) in [5, 5.41) is 16.3. The number of rotatable bonds is 5. The van der Waals surface area contributed by atoms with Gasteiger partial charge < -0.3 is 10.6 Å². The number of nitro groups is 1. The topological polar surface area (TPSA) is 84.3 Å². The van der Waals surface area contributed by atoms with Crippen LogP contribution in [0.5, 0.6) is 0 Å². The average molecular weight is 281 g/mol. The van der Waals surface area contributed by atoms with E-state index in [-0.39, 0.29) is 11.6 Å². The number of nitrogens with zero attached hydrogens (tertiary/aromatic N) is 1. The molecule has 1 aliphatic heterocycles. The van der Waals surface area contributed by atoms with Gasteiger partial charge in [-0.1, -0.05) is 0 Å². The van der Waals surface area contributed by atoms with E-state index in [2.05, 4.69) is 10.6 Å². The molecule has 1 amide bonds. The molecule has 0 bridgehead atoms. The molecule has 0 spiro atoms. The van der Waals surface area contributed by atoms with Crippen molar-refractivity contribution in [2.45, 2.75) is 19.3 Å². The zero-order valence-corrected chi connectivity index (χ0v) is 10.9. The molecule has 108 valence electrons. The lowest BCUT2D eigenvalue weighted by molar-refractivity contribution is -0.387. The number of anilines is 1. The summed E-state index contributed by atoms with van der Waals surface area (Å²) < 4.78 is 13.4. The largest absolute Gasteiger partial charge is 0.326 e. The number of nitrogens with one attached hydrogen (secondary N) is 2. The van der Waals surface area contributed by atoms with Gasteiger partial charge in [0, 0.05) is 24.2 Å². The summed E-state index contributed by atoms with van der Waals surface area (Å²) in [7, 11) is 0. The molecule has 1 heterocycles. The number of benzene rings is 1. The van der Waals surface area contributed by atoms with E-state index in [0.717, 1.165) is 38.1 Å². The molecule has 20 heavy (non-hydrogen) atoms. The van der Waals surface area contributed by atoms with Gasteiger partial charge in [-0.3, -0.25) is 14.9 Å². The Kier molecular flexibility index (Phi) is 4.62. The van der Waals surface area contributed by atoms with E-state index >= 15 is 0 Å². The van der Waals surface area contributed by atoms with Gasteiger partial charge >= 0.3 is 5.69 Å². The second-order valence-corrected chi connectivity index (χ2v) is 4.87. The molecule has 1 aromatic rings. The van der Waals surface area contributed by atoms with E-state index < -0.39 is 16.4 Å². The van der Waals surface area contributed by atoms with Crippen molar-refractivity contribution >= 4 is 17.3 Å². The van der Waals surface area contributed by atoms with Crippen LogP contribution in [0.2, 0.25) is 0 Å². The van der Waals surface area contributed by atoms with Crippen molar-refractivity contribution in [3.05, 3.63) is 34.1 Å². The second kappa shape index (κ2) is 6.42. The Hall–Kier alpha value is -2.02. The van der Waals surface area contributed by atoms with Crippen molar-refractivity contribution in [2.24, 2.45) is 5.92 Å². The maximum atomic E-state index is 13.4. The summed E-state index contributed by atoms with van der Waals surface area (Å²) >= 11 is 0. The summed E-state index contributed by atoms with van der Waals surface area (Å²) in [5.41, 5.74) is -0.359. The van der Waals surface area contributed by atoms with Crippen LogP contribution >= 0.6 is 0 Å². The molecule has 2 rings (SSSR count). The Morgan fingerprint density at radius 3 is 2.95 bits per heavy atom. The Morgan fingerprint density at radius 1 is 1.55 bits per heavy atom. The van der Waals surface area contributed by atoms with E-state index in [0.29, 0.717) is 12.3 Å². The highest BCUT2D eigenvalue weighted by Crippen LogP contribution is 2.21. The van der Waals surface area contributed by atoms with Gasteiger partial charge in [0.15, 0.2) is 0 Å². The predicted octanol–water partition coefficient (Wildman–Crippen LogP) is 2.06. The first-order valence-electron chi connectivity index (χ1n) is 6.51. The first-order chi connectivity index (χ1) is 9.56. The van der Waals surface area contributed by atoms with E-state index in [4.69, 9.17) is 0 Å². The lowest BCUT2D eigenvalue weighted by Gasteiger charge is -2.08. The highest BCUT2D eigenvalue weighted by Gasteiger charge is 2.17. The fourth-order valence-electron chi connectivity index (χ4n) is 2.25. The summed E-state index contributed by atoms with van der Waals surface area (Å²) in [6.45, 7) is 1.92. The minimum absolute atomic E-state index is 0.204. The van der Waals surface area contributed by atoms with Crippen molar-refractivity contribution in [1.29, 1.82) is 0 Å². The zero-order chi connectivity index (χ0) is 14.5. The van der Waals surface area contributed by atoms with Gasteiger partial charge in [-0.25, -0.2) is 0 Å². The maximum absolute atomic E-state index is 13.4. The third-order valence-corrected chi connectivity index (χ3v) is 3.37. The number of nitro benzene ring substituents is 1. The van der Waals surface area contributed by atoms with E-state index in [1.807, 2.05) is 0 Å². The molecule has 7 heteroatoms. The highest BCUT2D eigenvalue weighted by atomic mass is 19.1. The van der Waals surface area contributed by atoms with E-state index in [1.165, 1.54) is 6.07 Å². The summed E-state index contributed by atoms with van der Waals surface area (Å²) in [5.74, 6) is -0.646. The number of hydrogen-bond donors (Lipinski definition) is 2. The molecule has 0 radical (unpaired) electrons. The van der Waals surface area contributed by atoms with Crippen LogP contribution in [0.4, 0.5) is 15.8 Å². The van der Waals surface area contributed by atoms with Crippen LogP contribution in [0, 0.1) is 21.8 Å². The normalized spacial score (nSPS) is 17.9. The molecule has 0 saturated carbocycles. The monoisotopic (exact) mass is 281 g/mol. The van der Waals surface area contributed by atoms with Gasteiger partial charge in [0.2, 0.25) is 11.7 Å². The van der Waals surface area contributed by atoms with Gasteiger partial charge in [0.1, 0.15) is 0 Å². The SMILES string of the molecule is O=C(CCC1CCNC1)Nc1ccc([N+](=O)[O-])c(F)c1. The Bertz CT molecular complexity index is 516. The van der Waals surface area contributed by atoms with Crippen LogP contribution in [0.3, 0.4) is 0 Å². The van der Waals surface area contributed by atoms with E-state index in [9.17, 15) is 19.3 Å². The molecule has 0 aromatic heterocycles. The third-order valence-electron chi connectivity index (χ3n) is 3.37. The highest BCUT2D eigenvalue weighted by molar-refractivity contribution is 5.90. The number of halogens is 1. The van der Waals surface area contributed by atoms with Gasteiger partial charge in [-0.15, -0.1) is 0 Å². The fraction of sp³-hybridized carbons (Fsp3) is 0.462. The molecule has 1 unspecified atom stereocenters. The standard InChI is InChI=1S/C13H16FN3O3/c14-11-7-10(2-3-12(11)17(19)20)16-13(18)4-1-9-5-6-15-8-9/h2-3,7,9,15H,1,4-6,8H2,(H,16,18). The van der Waals surface area contributed by atoms with E-state index in [1.54, 1.807) is 0 Å². The van der Waals surface area contributed by atoms with Crippen LogP contribution in [-0.2, 0) is 4.79 Å². The lowest BCUT2D eigenvalue weighted by Crippen LogP contribution is -2.15. The lowest BCUT2D eigenvalue weighted by atomic mass is 10.0. The minimum atomic E-state index is -0.951. The average Bonchev–Trinajstić information content (AvgIpc) is 2.89. The van der Waals surface area contributed by atoms with Gasteiger partial charge in [0.25, 0.3) is 0 Å². The Morgan fingerprint density at radius 2 is 2.35 bits per heavy atom. The van der Waals surface area contributed by atoms with Crippen LogP contribution in [0.1, 0.15) is 19.3 Å². The van der Waals surface area contributed by atoms with Crippen LogP contribution < -0.4 is 10.6 Å². The van der Waals surface area contributed by atoms with Gasteiger partial charge in [0.05, 0.1) is 4.92 Å². The molecular weight excluding hydrogens is 265 g/mol. The second-order valence-electron chi connectivity index (χ2n) is 4.87. The molecule has 2 N–H and O–H groups in total. The number of hydrogen-bond acceptors (Lipinski definition) is 4. The predicted molar refractivity (Wildman–Crippen MR) is 71.9 cm³/mol. The molecular formula is C13H16FN3O3. The van der Waals surface area contributed by atoms with Crippen molar-refractivity contribution < 1.29 is 14.1 Å². The summed E-state index contributed by atoms with van der Waals surface area (Å²) in [4.78, 5) is 21.4. The molecule has 1 fully saturated rings. The fourth-order valence-corrected chi connectivity index (χ4v) is 2.25. The van der Waals surface area contributed by atoms with Crippen LogP contribution in [-0.4, -0.2) is 23.9 Å². The van der Waals surface area contributed by atoms with Crippen molar-refractivity contribution in [3.8, 4) is 0 Å². The van der Waals surface area contributed by atoms with Crippen molar-refractivity contribution in [2.75, 3.05) is 18.4 Å². The summed E-state index contributed by atoms with van der Waals surface area (Å²) in [6, 6.07) is 3.34. The molecule has 0 aliphatic carbocycles. The summed E-state index contributed by atoms with van der Waals surface area (Å²) in [6.07, 6.45) is 2.22. The number of amides is 1. The molecule has 1 atom stereocenters. The number of carbonyl (C=O) groups excluding carboxylic acids is 1. The van der Waals surface area contributed by atoms with Gasteiger partial charge in [-0.05, 0) is 37.9 Å². The Labute approximate surface area is 115 Å². The Balaban J connectivity index is 1.87. The molecule has 1 aromatic carbocycles. The number of carbonyl (C=O) groups is 1.